The highest BCUT2D eigenvalue weighted by Crippen LogP contribution is 2.38. The molecular weight excluding hydrogens is 382 g/mol. The molecule has 0 amide bonds. The average Bonchev–Trinajstić information content (AvgIpc) is 2.87. The van der Waals surface area contributed by atoms with Gasteiger partial charge in [-0.3, -0.25) is 0 Å². The van der Waals surface area contributed by atoms with Gasteiger partial charge in [0.2, 0.25) is 10.0 Å². The second kappa shape index (κ2) is 6.66. The van der Waals surface area contributed by atoms with Crippen molar-refractivity contribution < 1.29 is 12.8 Å². The van der Waals surface area contributed by atoms with Crippen LogP contribution in [-0.4, -0.2) is 32.4 Å². The Hall–Kier alpha value is -0.700. The lowest BCUT2D eigenvalue weighted by molar-refractivity contribution is 0.271. The van der Waals surface area contributed by atoms with Crippen LogP contribution in [0.1, 0.15) is 11.6 Å². The van der Waals surface area contributed by atoms with Crippen LogP contribution in [0.15, 0.2) is 35.2 Å². The molecule has 0 radical (unpaired) electrons. The Bertz CT molecular complexity index is 826. The SMILES string of the molecule is O=S(=O)(c1cc(Cl)sc1Cl)N1CCNCC1c1cccc(F)c1. The first-order valence-electron chi connectivity index (χ1n) is 6.82. The molecule has 1 aliphatic rings. The molecule has 0 saturated carbocycles. The maximum absolute atomic E-state index is 13.5. The van der Waals surface area contributed by atoms with E-state index in [1.165, 1.54) is 22.5 Å². The van der Waals surface area contributed by atoms with Gasteiger partial charge in [-0.15, -0.1) is 11.3 Å². The number of rotatable bonds is 3. The van der Waals surface area contributed by atoms with Crippen LogP contribution in [0.25, 0.3) is 0 Å². The van der Waals surface area contributed by atoms with E-state index >= 15 is 0 Å². The standard InChI is InChI=1S/C14H13Cl2FN2O2S2/c15-13-7-12(14(16)22-13)23(20,21)19-5-4-18-8-11(19)9-2-1-3-10(17)6-9/h1-3,6-7,11,18H,4-5,8H2. The van der Waals surface area contributed by atoms with E-state index in [1.54, 1.807) is 12.1 Å². The van der Waals surface area contributed by atoms with E-state index in [0.717, 1.165) is 11.3 Å². The summed E-state index contributed by atoms with van der Waals surface area (Å²) in [6.07, 6.45) is 0. The van der Waals surface area contributed by atoms with E-state index in [2.05, 4.69) is 5.32 Å². The van der Waals surface area contributed by atoms with Gasteiger partial charge in [0.25, 0.3) is 0 Å². The molecule has 1 aromatic heterocycles. The third-order valence-corrected chi connectivity index (χ3v) is 7.30. The zero-order valence-corrected chi connectivity index (χ0v) is 14.9. The third kappa shape index (κ3) is 3.40. The monoisotopic (exact) mass is 394 g/mol. The minimum atomic E-state index is -3.82. The van der Waals surface area contributed by atoms with Crippen LogP contribution in [0.5, 0.6) is 0 Å². The minimum absolute atomic E-state index is 0.00234. The highest BCUT2D eigenvalue weighted by Gasteiger charge is 2.36. The first-order chi connectivity index (χ1) is 10.9. The second-order valence-corrected chi connectivity index (χ2v) is 9.22. The average molecular weight is 395 g/mol. The van der Waals surface area contributed by atoms with Gasteiger partial charge in [-0.25, -0.2) is 12.8 Å². The summed E-state index contributed by atoms with van der Waals surface area (Å²) < 4.78 is 41.2. The Labute approximate surface area is 147 Å². The van der Waals surface area contributed by atoms with E-state index in [1.807, 2.05) is 0 Å². The molecule has 1 aromatic carbocycles. The molecule has 23 heavy (non-hydrogen) atoms. The number of hydrogen-bond donors (Lipinski definition) is 1. The lowest BCUT2D eigenvalue weighted by atomic mass is 10.1. The van der Waals surface area contributed by atoms with Gasteiger partial charge in [0.15, 0.2) is 0 Å². The molecule has 4 nitrogen and oxygen atoms in total. The Morgan fingerprint density at radius 2 is 2.09 bits per heavy atom. The van der Waals surface area contributed by atoms with Crippen molar-refractivity contribution in [2.45, 2.75) is 10.9 Å². The van der Waals surface area contributed by atoms with Crippen molar-refractivity contribution in [2.75, 3.05) is 19.6 Å². The summed E-state index contributed by atoms with van der Waals surface area (Å²) in [6, 6.07) is 6.81. The number of sulfonamides is 1. The molecule has 1 saturated heterocycles. The van der Waals surface area contributed by atoms with Gasteiger partial charge in [0, 0.05) is 19.6 Å². The summed E-state index contributed by atoms with van der Waals surface area (Å²) in [7, 11) is -3.82. The van der Waals surface area contributed by atoms with Crippen molar-refractivity contribution in [3.63, 3.8) is 0 Å². The van der Waals surface area contributed by atoms with Crippen molar-refractivity contribution in [2.24, 2.45) is 0 Å². The molecule has 2 heterocycles. The molecule has 0 bridgehead atoms. The Morgan fingerprint density at radius 1 is 1.30 bits per heavy atom. The number of nitrogens with zero attached hydrogens (tertiary/aromatic N) is 1. The predicted octanol–water partition coefficient (Wildman–Crippen LogP) is 3.53. The molecule has 1 fully saturated rings. The molecular formula is C14H13Cl2FN2O2S2. The second-order valence-electron chi connectivity index (χ2n) is 5.08. The lowest BCUT2D eigenvalue weighted by Gasteiger charge is -2.35. The summed E-state index contributed by atoms with van der Waals surface area (Å²) in [5.74, 6) is -0.401. The normalized spacial score (nSPS) is 19.9. The summed E-state index contributed by atoms with van der Waals surface area (Å²) in [5.41, 5.74) is 0.596. The molecule has 1 N–H and O–H groups in total. The van der Waals surface area contributed by atoms with Crippen molar-refractivity contribution in [3.05, 3.63) is 50.4 Å². The number of thiophene rings is 1. The molecule has 0 spiro atoms. The van der Waals surface area contributed by atoms with Crippen molar-refractivity contribution in [1.29, 1.82) is 0 Å². The molecule has 3 rings (SSSR count). The highest BCUT2D eigenvalue weighted by molar-refractivity contribution is 7.89. The van der Waals surface area contributed by atoms with Crippen molar-refractivity contribution in [3.8, 4) is 0 Å². The molecule has 1 atom stereocenters. The van der Waals surface area contributed by atoms with E-state index in [4.69, 9.17) is 23.2 Å². The zero-order chi connectivity index (χ0) is 16.6. The summed E-state index contributed by atoms with van der Waals surface area (Å²) in [6.45, 7) is 1.19. The van der Waals surface area contributed by atoms with Gasteiger partial charge in [-0.1, -0.05) is 35.3 Å². The lowest BCUT2D eigenvalue weighted by Crippen LogP contribution is -2.48. The number of piperazine rings is 1. The first-order valence-corrected chi connectivity index (χ1v) is 9.83. The number of nitrogens with one attached hydrogen (secondary N) is 1. The van der Waals surface area contributed by atoms with Crippen LogP contribution < -0.4 is 5.32 Å². The fraction of sp³-hybridized carbons (Fsp3) is 0.286. The molecule has 2 aromatic rings. The maximum atomic E-state index is 13.5. The maximum Gasteiger partial charge on any atom is 0.246 e. The Balaban J connectivity index is 2.03. The van der Waals surface area contributed by atoms with Crippen LogP contribution in [0.3, 0.4) is 0 Å². The largest absolute Gasteiger partial charge is 0.313 e. The summed E-state index contributed by atoms with van der Waals surface area (Å²) in [4.78, 5) is -0.00234. The smallest absolute Gasteiger partial charge is 0.246 e. The van der Waals surface area contributed by atoms with Gasteiger partial charge in [-0.2, -0.15) is 4.31 Å². The molecule has 1 unspecified atom stereocenters. The van der Waals surface area contributed by atoms with Crippen LogP contribution in [0, 0.1) is 5.82 Å². The van der Waals surface area contributed by atoms with Crippen molar-refractivity contribution in [1.82, 2.24) is 9.62 Å². The van der Waals surface area contributed by atoms with Gasteiger partial charge in [-0.05, 0) is 23.8 Å². The number of hydrogen-bond acceptors (Lipinski definition) is 4. The van der Waals surface area contributed by atoms with Crippen molar-refractivity contribution >= 4 is 44.6 Å². The van der Waals surface area contributed by atoms with Crippen LogP contribution in [0.2, 0.25) is 8.67 Å². The topological polar surface area (TPSA) is 49.4 Å². The quantitative estimate of drug-likeness (QED) is 0.865. The molecule has 9 heteroatoms. The Kier molecular flexibility index (Phi) is 4.96. The fourth-order valence-electron chi connectivity index (χ4n) is 2.60. The third-order valence-electron chi connectivity index (χ3n) is 3.64. The highest BCUT2D eigenvalue weighted by atomic mass is 35.5. The Morgan fingerprint density at radius 3 is 2.74 bits per heavy atom. The van der Waals surface area contributed by atoms with Gasteiger partial charge in [0.1, 0.15) is 15.0 Å². The minimum Gasteiger partial charge on any atom is -0.313 e. The summed E-state index contributed by atoms with van der Waals surface area (Å²) in [5, 5.41) is 3.14. The molecule has 1 aliphatic heterocycles. The van der Waals surface area contributed by atoms with E-state index in [0.29, 0.717) is 23.0 Å². The molecule has 124 valence electrons. The summed E-state index contributed by atoms with van der Waals surface area (Å²) >= 11 is 12.9. The molecule has 0 aliphatic carbocycles. The van der Waals surface area contributed by atoms with E-state index in [9.17, 15) is 12.8 Å². The van der Waals surface area contributed by atoms with E-state index in [-0.39, 0.29) is 15.8 Å². The number of benzene rings is 1. The first kappa shape index (κ1) is 17.1. The van der Waals surface area contributed by atoms with E-state index < -0.39 is 21.9 Å². The van der Waals surface area contributed by atoms with Gasteiger partial charge in [0.05, 0.1) is 10.4 Å². The predicted molar refractivity (Wildman–Crippen MR) is 90.2 cm³/mol. The van der Waals surface area contributed by atoms with Crippen LogP contribution in [0.4, 0.5) is 4.39 Å². The van der Waals surface area contributed by atoms with Crippen LogP contribution in [-0.2, 0) is 10.0 Å². The number of halogens is 3. The van der Waals surface area contributed by atoms with Crippen LogP contribution >= 0.6 is 34.5 Å². The van der Waals surface area contributed by atoms with Gasteiger partial charge < -0.3 is 5.32 Å². The zero-order valence-electron chi connectivity index (χ0n) is 11.8. The fourth-order valence-corrected chi connectivity index (χ4v) is 6.33. The van der Waals surface area contributed by atoms with Gasteiger partial charge >= 0.3 is 0 Å².